The maximum absolute atomic E-state index is 11.2. The zero-order chi connectivity index (χ0) is 11.0. The molecule has 0 aliphatic heterocycles. The highest BCUT2D eigenvalue weighted by molar-refractivity contribution is 5.16. The minimum absolute atomic E-state index is 0.225. The van der Waals surface area contributed by atoms with E-state index in [0.717, 1.165) is 0 Å². The molecular weight excluding hydrogens is 196 g/mol. The van der Waals surface area contributed by atoms with Crippen LogP contribution in [-0.2, 0) is 0 Å². The van der Waals surface area contributed by atoms with E-state index in [0.29, 0.717) is 17.3 Å². The lowest BCUT2D eigenvalue weighted by Gasteiger charge is -2.03. The van der Waals surface area contributed by atoms with Crippen molar-refractivity contribution in [3.8, 4) is 5.95 Å². The number of nitrogens with zero attached hydrogens (tertiary/aromatic N) is 2. The Bertz CT molecular complexity index is 605. The summed E-state index contributed by atoms with van der Waals surface area (Å²) < 4.78 is 1.44. The van der Waals surface area contributed by atoms with Crippen molar-refractivity contribution in [3.05, 3.63) is 44.2 Å². The molecule has 0 saturated heterocycles. The molecule has 78 valence electrons. The van der Waals surface area contributed by atoms with Crippen LogP contribution in [0.15, 0.2) is 21.7 Å². The van der Waals surface area contributed by atoms with Crippen LogP contribution in [-0.4, -0.2) is 19.7 Å². The lowest BCUT2D eigenvalue weighted by molar-refractivity contribution is 0.763. The van der Waals surface area contributed by atoms with Crippen molar-refractivity contribution in [3.63, 3.8) is 0 Å². The van der Waals surface area contributed by atoms with Crippen molar-refractivity contribution < 1.29 is 0 Å². The quantitative estimate of drug-likeness (QED) is 0.681. The number of nitrogens with one attached hydrogen (secondary N) is 2. The fraction of sp³-hybridized carbons (Fsp3) is 0.222. The average Bonchev–Trinajstić information content (AvgIpc) is 2.43. The van der Waals surface area contributed by atoms with Crippen LogP contribution in [0, 0.1) is 13.8 Å². The van der Waals surface area contributed by atoms with E-state index in [1.165, 1.54) is 16.8 Å². The van der Waals surface area contributed by atoms with Gasteiger partial charge in [0.05, 0.1) is 0 Å². The first-order valence-corrected chi connectivity index (χ1v) is 4.43. The van der Waals surface area contributed by atoms with Crippen molar-refractivity contribution in [2.75, 3.05) is 0 Å². The van der Waals surface area contributed by atoms with E-state index in [2.05, 4.69) is 15.1 Å². The van der Waals surface area contributed by atoms with Gasteiger partial charge in [-0.25, -0.2) is 9.67 Å². The molecule has 2 heterocycles. The second-order valence-electron chi connectivity index (χ2n) is 3.31. The summed E-state index contributed by atoms with van der Waals surface area (Å²) in [4.78, 5) is 28.9. The van der Waals surface area contributed by atoms with E-state index in [9.17, 15) is 9.59 Å². The van der Waals surface area contributed by atoms with Gasteiger partial charge in [0, 0.05) is 23.5 Å². The van der Waals surface area contributed by atoms with Crippen LogP contribution in [0.4, 0.5) is 0 Å². The molecule has 2 aromatic rings. The summed E-state index contributed by atoms with van der Waals surface area (Å²) in [7, 11) is 0. The van der Waals surface area contributed by atoms with E-state index in [-0.39, 0.29) is 11.1 Å². The number of aromatic amines is 2. The van der Waals surface area contributed by atoms with Gasteiger partial charge in [-0.05, 0) is 13.8 Å². The first-order valence-electron chi connectivity index (χ1n) is 4.43. The molecule has 15 heavy (non-hydrogen) atoms. The van der Waals surface area contributed by atoms with Crippen LogP contribution in [0.25, 0.3) is 5.95 Å². The Labute approximate surface area is 84.6 Å². The summed E-state index contributed by atoms with van der Waals surface area (Å²) >= 11 is 0. The monoisotopic (exact) mass is 206 g/mol. The van der Waals surface area contributed by atoms with Crippen molar-refractivity contribution in [1.29, 1.82) is 0 Å². The highest BCUT2D eigenvalue weighted by Crippen LogP contribution is 1.99. The van der Waals surface area contributed by atoms with Crippen molar-refractivity contribution >= 4 is 0 Å². The van der Waals surface area contributed by atoms with Crippen LogP contribution < -0.4 is 11.1 Å². The number of hydrogen-bond donors (Lipinski definition) is 2. The summed E-state index contributed by atoms with van der Waals surface area (Å²) in [5, 5.41) is 2.54. The van der Waals surface area contributed by atoms with E-state index in [1.54, 1.807) is 13.8 Å². The Balaban J connectivity index is 2.68. The Morgan fingerprint density at radius 2 is 1.93 bits per heavy atom. The molecule has 6 nitrogen and oxygen atoms in total. The van der Waals surface area contributed by atoms with Crippen LogP contribution in [0.3, 0.4) is 0 Å². The molecular formula is C9H10N4O2. The molecule has 2 rings (SSSR count). The Hall–Kier alpha value is -2.11. The number of rotatable bonds is 1. The van der Waals surface area contributed by atoms with Gasteiger partial charge in [-0.3, -0.25) is 19.7 Å². The molecule has 0 bridgehead atoms. The Morgan fingerprint density at radius 1 is 1.20 bits per heavy atom. The van der Waals surface area contributed by atoms with Gasteiger partial charge in [-0.1, -0.05) is 0 Å². The maximum atomic E-state index is 11.2. The molecule has 0 fully saturated rings. The molecule has 0 amide bonds. The first kappa shape index (κ1) is 9.45. The van der Waals surface area contributed by atoms with Crippen LogP contribution in [0.1, 0.15) is 11.4 Å². The fourth-order valence-electron chi connectivity index (χ4n) is 1.37. The largest absolute Gasteiger partial charge is 0.291 e. The van der Waals surface area contributed by atoms with Gasteiger partial charge in [0.1, 0.15) is 0 Å². The molecule has 0 atom stereocenters. The van der Waals surface area contributed by atoms with Crippen molar-refractivity contribution in [1.82, 2.24) is 19.7 Å². The van der Waals surface area contributed by atoms with Gasteiger partial charge in [0.25, 0.3) is 11.1 Å². The lowest BCUT2D eigenvalue weighted by atomic mass is 10.4. The van der Waals surface area contributed by atoms with Gasteiger partial charge in [0.2, 0.25) is 5.95 Å². The Morgan fingerprint density at radius 3 is 2.47 bits per heavy atom. The van der Waals surface area contributed by atoms with E-state index < -0.39 is 0 Å². The average molecular weight is 206 g/mol. The van der Waals surface area contributed by atoms with Crippen LogP contribution in [0.2, 0.25) is 0 Å². The molecule has 6 heteroatoms. The summed E-state index contributed by atoms with van der Waals surface area (Å²) in [6, 6.07) is 2.82. The molecule has 0 spiro atoms. The highest BCUT2D eigenvalue weighted by atomic mass is 16.1. The third kappa shape index (κ3) is 1.74. The van der Waals surface area contributed by atoms with Crippen molar-refractivity contribution in [2.45, 2.75) is 13.8 Å². The minimum atomic E-state index is -0.244. The third-order valence-corrected chi connectivity index (χ3v) is 1.98. The smallest absolute Gasteiger partial charge is 0.264 e. The predicted octanol–water partition coefficient (Wildman–Crippen LogP) is -0.134. The maximum Gasteiger partial charge on any atom is 0.264 e. The normalized spacial score (nSPS) is 10.5. The van der Waals surface area contributed by atoms with E-state index >= 15 is 0 Å². The zero-order valence-electron chi connectivity index (χ0n) is 8.37. The van der Waals surface area contributed by atoms with Crippen molar-refractivity contribution in [2.24, 2.45) is 0 Å². The molecule has 0 unspecified atom stereocenters. The topological polar surface area (TPSA) is 83.5 Å². The van der Waals surface area contributed by atoms with Gasteiger partial charge in [0.15, 0.2) is 0 Å². The van der Waals surface area contributed by atoms with E-state index in [4.69, 9.17) is 0 Å². The second-order valence-corrected chi connectivity index (χ2v) is 3.31. The van der Waals surface area contributed by atoms with E-state index in [1.807, 2.05) is 0 Å². The van der Waals surface area contributed by atoms with Gasteiger partial charge < -0.3 is 0 Å². The lowest BCUT2D eigenvalue weighted by Crippen LogP contribution is -2.15. The highest BCUT2D eigenvalue weighted by Gasteiger charge is 2.04. The van der Waals surface area contributed by atoms with Gasteiger partial charge in [-0.15, -0.1) is 0 Å². The second kappa shape index (κ2) is 3.23. The summed E-state index contributed by atoms with van der Waals surface area (Å²) in [5.74, 6) is 0.319. The Kier molecular flexibility index (Phi) is 2.03. The van der Waals surface area contributed by atoms with Crippen LogP contribution >= 0.6 is 0 Å². The van der Waals surface area contributed by atoms with Gasteiger partial charge in [-0.2, -0.15) is 0 Å². The molecule has 0 saturated carbocycles. The summed E-state index contributed by atoms with van der Waals surface area (Å²) in [5.41, 5.74) is 0.819. The molecule has 2 N–H and O–H groups in total. The summed E-state index contributed by atoms with van der Waals surface area (Å²) in [6.07, 6.45) is 0. The molecule has 0 radical (unpaired) electrons. The fourth-order valence-corrected chi connectivity index (χ4v) is 1.37. The standard InChI is InChI=1S/C9H10N4O2/c1-5-3-7(14)11-9(10-5)13-6(2)4-8(15)12-13/h3-4H,1-2H3,(H,12,15)(H,10,11,14). The summed E-state index contributed by atoms with van der Waals surface area (Å²) in [6.45, 7) is 3.47. The number of H-pyrrole nitrogens is 2. The molecule has 2 aromatic heterocycles. The third-order valence-electron chi connectivity index (χ3n) is 1.98. The minimum Gasteiger partial charge on any atom is -0.291 e. The SMILES string of the molecule is Cc1cc(=O)[nH]c(-n2[nH]c(=O)cc2C)n1. The molecule has 0 aliphatic rings. The van der Waals surface area contributed by atoms with Gasteiger partial charge >= 0.3 is 0 Å². The first-order chi connectivity index (χ1) is 7.06. The number of hydrogen-bond acceptors (Lipinski definition) is 3. The predicted molar refractivity (Wildman–Crippen MR) is 54.3 cm³/mol. The van der Waals surface area contributed by atoms with Crippen LogP contribution in [0.5, 0.6) is 0 Å². The number of aromatic nitrogens is 4. The molecule has 0 aromatic carbocycles. The number of aryl methyl sites for hydroxylation is 2. The molecule has 0 aliphatic carbocycles. The zero-order valence-corrected chi connectivity index (χ0v) is 8.37.